The van der Waals surface area contributed by atoms with Gasteiger partial charge in [-0.05, 0) is 38.5 Å². The average Bonchev–Trinajstić information content (AvgIpc) is 3.32. The van der Waals surface area contributed by atoms with Gasteiger partial charge in [-0.1, -0.05) is 30.3 Å². The highest BCUT2D eigenvalue weighted by Crippen LogP contribution is 2.47. The third-order valence-electron chi connectivity index (χ3n) is 5.43. The molecule has 166 valence electrons. The summed E-state index contributed by atoms with van der Waals surface area (Å²) in [6.07, 6.45) is 0.477. The molecule has 0 N–H and O–H groups in total. The number of aromatic nitrogens is 2. The Kier molecular flexibility index (Phi) is 5.37. The van der Waals surface area contributed by atoms with Gasteiger partial charge in [0.05, 0.1) is 24.6 Å². The standard InChI is InChI=1S/C23H24N3O5P/c1-4-30-32(27,31-5-2)23-15(3)26-21(24-23)12-17-11-19-20(29-14-28-19)13-18(17)22(25-26)16-9-7-6-8-10-16/h6-11,13H,4-5,12,14H2,1-3H3. The van der Waals surface area contributed by atoms with Crippen LogP contribution in [0.1, 0.15) is 42.1 Å². The second-order valence-electron chi connectivity index (χ2n) is 7.44. The van der Waals surface area contributed by atoms with Gasteiger partial charge in [0.2, 0.25) is 6.79 Å². The van der Waals surface area contributed by atoms with Crippen molar-refractivity contribution in [2.24, 2.45) is 5.10 Å². The molecule has 0 bridgehead atoms. The maximum absolute atomic E-state index is 13.5. The minimum absolute atomic E-state index is 0.194. The van der Waals surface area contributed by atoms with Crippen LogP contribution in [0, 0.1) is 6.92 Å². The summed E-state index contributed by atoms with van der Waals surface area (Å²) >= 11 is 0. The number of hydrogen-bond donors (Lipinski definition) is 0. The molecule has 0 spiro atoms. The molecule has 3 aromatic rings. The zero-order chi connectivity index (χ0) is 22.3. The number of hydrogen-bond acceptors (Lipinski definition) is 7. The van der Waals surface area contributed by atoms with E-state index in [-0.39, 0.29) is 20.0 Å². The van der Waals surface area contributed by atoms with Crippen molar-refractivity contribution in [3.63, 3.8) is 0 Å². The Bertz CT molecular complexity index is 1240. The van der Waals surface area contributed by atoms with Gasteiger partial charge in [-0.2, -0.15) is 5.10 Å². The van der Waals surface area contributed by atoms with Crippen molar-refractivity contribution >= 4 is 18.7 Å². The third kappa shape index (κ3) is 3.45. The van der Waals surface area contributed by atoms with Crippen LogP contribution in [0.25, 0.3) is 0 Å². The molecule has 1 aromatic heterocycles. The molecule has 8 nitrogen and oxygen atoms in total. The van der Waals surface area contributed by atoms with Crippen LogP contribution in [0.4, 0.5) is 0 Å². The number of benzene rings is 2. The maximum atomic E-state index is 13.5. The average molecular weight is 453 g/mol. The molecule has 2 aromatic carbocycles. The molecule has 0 radical (unpaired) electrons. The zero-order valence-electron chi connectivity index (χ0n) is 18.2. The van der Waals surface area contributed by atoms with Gasteiger partial charge in [0.1, 0.15) is 5.82 Å². The first kappa shape index (κ1) is 20.9. The van der Waals surface area contributed by atoms with Crippen molar-refractivity contribution < 1.29 is 23.1 Å². The molecular formula is C23H24N3O5P. The maximum Gasteiger partial charge on any atom is 0.381 e. The van der Waals surface area contributed by atoms with E-state index in [2.05, 4.69) is 0 Å². The van der Waals surface area contributed by atoms with Crippen LogP contribution < -0.4 is 14.9 Å². The van der Waals surface area contributed by atoms with Crippen LogP contribution in [0.5, 0.6) is 11.5 Å². The number of ether oxygens (including phenoxy) is 2. The number of rotatable bonds is 6. The van der Waals surface area contributed by atoms with E-state index in [1.54, 1.807) is 18.5 Å². The summed E-state index contributed by atoms with van der Waals surface area (Å²) in [5.41, 5.74) is 4.60. The topological polar surface area (TPSA) is 84.2 Å². The highest BCUT2D eigenvalue weighted by molar-refractivity contribution is 7.62. The van der Waals surface area contributed by atoms with Gasteiger partial charge in [-0.15, -0.1) is 0 Å². The van der Waals surface area contributed by atoms with E-state index >= 15 is 0 Å². The van der Waals surface area contributed by atoms with Crippen LogP contribution in [0.15, 0.2) is 47.6 Å². The van der Waals surface area contributed by atoms with Crippen molar-refractivity contribution in [3.8, 4) is 11.5 Å². The molecule has 32 heavy (non-hydrogen) atoms. The van der Waals surface area contributed by atoms with Gasteiger partial charge in [0.25, 0.3) is 0 Å². The summed E-state index contributed by atoms with van der Waals surface area (Å²) in [6, 6.07) is 13.9. The first-order chi connectivity index (χ1) is 15.5. The van der Waals surface area contributed by atoms with Crippen molar-refractivity contribution in [2.45, 2.75) is 27.2 Å². The van der Waals surface area contributed by atoms with Crippen molar-refractivity contribution in [3.05, 3.63) is 70.7 Å². The largest absolute Gasteiger partial charge is 0.454 e. The molecule has 0 aliphatic carbocycles. The second kappa shape index (κ2) is 8.20. The molecule has 0 saturated heterocycles. The fraction of sp³-hybridized carbons (Fsp3) is 0.304. The number of imidazole rings is 1. The lowest BCUT2D eigenvalue weighted by Gasteiger charge is -2.16. The Morgan fingerprint density at radius 1 is 1.06 bits per heavy atom. The first-order valence-electron chi connectivity index (χ1n) is 10.6. The Hall–Kier alpha value is -2.93. The fourth-order valence-electron chi connectivity index (χ4n) is 4.03. The van der Waals surface area contributed by atoms with E-state index < -0.39 is 7.60 Å². The van der Waals surface area contributed by atoms with Gasteiger partial charge < -0.3 is 18.5 Å². The molecule has 0 saturated carbocycles. The molecular weight excluding hydrogens is 429 g/mol. The lowest BCUT2D eigenvalue weighted by atomic mass is 9.95. The zero-order valence-corrected chi connectivity index (χ0v) is 19.1. The van der Waals surface area contributed by atoms with Gasteiger partial charge in [-0.25, -0.2) is 9.66 Å². The van der Waals surface area contributed by atoms with Crippen molar-refractivity contribution in [1.29, 1.82) is 0 Å². The predicted octanol–water partition coefficient (Wildman–Crippen LogP) is 4.02. The van der Waals surface area contributed by atoms with Gasteiger partial charge in [0, 0.05) is 17.5 Å². The van der Waals surface area contributed by atoms with Crippen LogP contribution in [-0.4, -0.2) is 35.4 Å². The second-order valence-corrected chi connectivity index (χ2v) is 9.37. The highest BCUT2D eigenvalue weighted by Gasteiger charge is 2.35. The summed E-state index contributed by atoms with van der Waals surface area (Å²) in [6.45, 7) is 6.11. The van der Waals surface area contributed by atoms with E-state index in [9.17, 15) is 4.57 Å². The molecule has 3 heterocycles. The molecule has 0 unspecified atom stereocenters. The minimum atomic E-state index is -3.56. The van der Waals surface area contributed by atoms with Crippen molar-refractivity contribution in [2.75, 3.05) is 20.0 Å². The quantitative estimate of drug-likeness (QED) is 0.410. The summed E-state index contributed by atoms with van der Waals surface area (Å²) in [4.78, 5) is 4.71. The normalized spacial score (nSPS) is 14.5. The summed E-state index contributed by atoms with van der Waals surface area (Å²) < 4.78 is 37.6. The van der Waals surface area contributed by atoms with E-state index in [4.69, 9.17) is 28.6 Å². The predicted molar refractivity (Wildman–Crippen MR) is 120 cm³/mol. The molecule has 2 aliphatic rings. The Morgan fingerprint density at radius 2 is 1.75 bits per heavy atom. The van der Waals surface area contributed by atoms with E-state index in [0.29, 0.717) is 34.9 Å². The smallest absolute Gasteiger partial charge is 0.381 e. The Morgan fingerprint density at radius 3 is 2.44 bits per heavy atom. The van der Waals surface area contributed by atoms with Crippen LogP contribution in [-0.2, 0) is 20.0 Å². The lowest BCUT2D eigenvalue weighted by Crippen LogP contribution is -2.16. The summed E-state index contributed by atoms with van der Waals surface area (Å²) in [5.74, 6) is 2.05. The van der Waals surface area contributed by atoms with Crippen LogP contribution in [0.2, 0.25) is 0 Å². The Balaban J connectivity index is 1.73. The van der Waals surface area contributed by atoms with Gasteiger partial charge in [-0.3, -0.25) is 4.57 Å². The Labute approximate surface area is 186 Å². The number of nitrogens with zero attached hydrogens (tertiary/aromatic N) is 3. The molecule has 0 amide bonds. The summed E-state index contributed by atoms with van der Waals surface area (Å²) in [7, 11) is -3.56. The number of fused-ring (bicyclic) bond motifs is 3. The fourth-order valence-corrected chi connectivity index (χ4v) is 5.76. The molecule has 0 fully saturated rings. The van der Waals surface area contributed by atoms with Crippen LogP contribution in [0.3, 0.4) is 0 Å². The van der Waals surface area contributed by atoms with Gasteiger partial charge in [0.15, 0.2) is 16.9 Å². The van der Waals surface area contributed by atoms with E-state index in [1.165, 1.54) is 0 Å². The van der Waals surface area contributed by atoms with Crippen LogP contribution >= 0.6 is 7.60 Å². The molecule has 0 atom stereocenters. The molecule has 5 rings (SSSR count). The van der Waals surface area contributed by atoms with E-state index in [0.717, 1.165) is 22.4 Å². The SMILES string of the molecule is CCOP(=O)(OCC)c1nc2n(c1C)N=C(c1ccccc1)c1cc3c(cc1C2)OCO3. The molecule has 9 heteroatoms. The summed E-state index contributed by atoms with van der Waals surface area (Å²) in [5, 5.41) is 4.97. The lowest BCUT2D eigenvalue weighted by molar-refractivity contribution is 0.174. The highest BCUT2D eigenvalue weighted by atomic mass is 31.2. The minimum Gasteiger partial charge on any atom is -0.454 e. The first-order valence-corrected chi connectivity index (χ1v) is 12.1. The molecule has 2 aliphatic heterocycles. The van der Waals surface area contributed by atoms with Crippen molar-refractivity contribution in [1.82, 2.24) is 9.66 Å². The monoisotopic (exact) mass is 453 g/mol. The third-order valence-corrected chi connectivity index (χ3v) is 7.57. The van der Waals surface area contributed by atoms with E-state index in [1.807, 2.05) is 49.4 Å². The van der Waals surface area contributed by atoms with Gasteiger partial charge >= 0.3 is 7.60 Å².